The Morgan fingerprint density at radius 2 is 2.15 bits per heavy atom. The second-order valence-electron chi connectivity index (χ2n) is 6.00. The Kier molecular flexibility index (Phi) is 6.31. The number of fused-ring (bicyclic) bond motifs is 1. The Labute approximate surface area is 160 Å². The number of thiophene rings is 1. The van der Waals surface area contributed by atoms with Crippen molar-refractivity contribution in [2.24, 2.45) is 0 Å². The molecule has 1 aliphatic rings. The minimum atomic E-state index is -0.377. The monoisotopic (exact) mass is 394 g/mol. The highest BCUT2D eigenvalue weighted by atomic mass is 32.2. The van der Waals surface area contributed by atoms with E-state index in [1.165, 1.54) is 41.5 Å². The zero-order chi connectivity index (χ0) is 18.5. The van der Waals surface area contributed by atoms with Crippen LogP contribution in [-0.4, -0.2) is 39.5 Å². The van der Waals surface area contributed by atoms with Crippen molar-refractivity contribution in [3.05, 3.63) is 22.3 Å². The number of esters is 1. The standard InChI is InChI=1S/C17H22N4O3S2/c1-3-21-10-18-20-17(21)25-9-13(22)19-15-14(16(23)24-2)11-7-5-4-6-8-12(11)26-15/h10H,3-9H2,1-2H3,(H,19,22). The molecule has 9 heteroatoms. The number of hydrogen-bond acceptors (Lipinski definition) is 7. The highest BCUT2D eigenvalue weighted by Gasteiger charge is 2.26. The number of hydrogen-bond donors (Lipinski definition) is 1. The van der Waals surface area contributed by atoms with Crippen LogP contribution in [-0.2, 0) is 28.9 Å². The number of rotatable bonds is 6. The number of amides is 1. The van der Waals surface area contributed by atoms with E-state index >= 15 is 0 Å². The first-order valence-electron chi connectivity index (χ1n) is 8.67. The van der Waals surface area contributed by atoms with E-state index in [4.69, 9.17) is 4.74 Å². The maximum atomic E-state index is 12.4. The minimum absolute atomic E-state index is 0.165. The van der Waals surface area contributed by atoms with E-state index in [0.29, 0.717) is 15.7 Å². The van der Waals surface area contributed by atoms with Crippen LogP contribution in [0.5, 0.6) is 0 Å². The average Bonchev–Trinajstić information content (AvgIpc) is 3.16. The van der Waals surface area contributed by atoms with Gasteiger partial charge in [-0.1, -0.05) is 18.2 Å². The number of thioether (sulfide) groups is 1. The Morgan fingerprint density at radius 1 is 1.35 bits per heavy atom. The van der Waals surface area contributed by atoms with Gasteiger partial charge in [0.25, 0.3) is 0 Å². The molecule has 26 heavy (non-hydrogen) atoms. The second-order valence-corrected chi connectivity index (χ2v) is 8.04. The summed E-state index contributed by atoms with van der Waals surface area (Å²) in [6, 6.07) is 0. The van der Waals surface area contributed by atoms with Crippen LogP contribution in [0.4, 0.5) is 5.00 Å². The second kappa shape index (κ2) is 8.68. The van der Waals surface area contributed by atoms with E-state index in [9.17, 15) is 9.59 Å². The van der Waals surface area contributed by atoms with Crippen LogP contribution >= 0.6 is 23.1 Å². The van der Waals surface area contributed by atoms with Crippen LogP contribution in [0, 0.1) is 0 Å². The van der Waals surface area contributed by atoms with Crippen molar-refractivity contribution in [3.63, 3.8) is 0 Å². The first kappa shape index (κ1) is 18.9. The van der Waals surface area contributed by atoms with Gasteiger partial charge in [0.1, 0.15) is 11.3 Å². The highest BCUT2D eigenvalue weighted by molar-refractivity contribution is 7.99. The number of aromatic nitrogens is 3. The number of anilines is 1. The molecule has 1 N–H and O–H groups in total. The molecule has 0 radical (unpaired) electrons. The summed E-state index contributed by atoms with van der Waals surface area (Å²) in [5.41, 5.74) is 1.58. The molecule has 2 aromatic heterocycles. The number of carbonyl (C=O) groups is 2. The lowest BCUT2D eigenvalue weighted by Gasteiger charge is -2.07. The molecule has 2 heterocycles. The molecule has 140 valence electrons. The first-order valence-corrected chi connectivity index (χ1v) is 10.5. The van der Waals surface area contributed by atoms with Gasteiger partial charge in [-0.15, -0.1) is 21.5 Å². The van der Waals surface area contributed by atoms with Gasteiger partial charge in [0.2, 0.25) is 5.91 Å². The fourth-order valence-corrected chi connectivity index (χ4v) is 5.09. The van der Waals surface area contributed by atoms with Crippen LogP contribution in [0.25, 0.3) is 0 Å². The Bertz CT molecular complexity index is 800. The van der Waals surface area contributed by atoms with E-state index in [1.807, 2.05) is 11.5 Å². The van der Waals surface area contributed by atoms with Crippen molar-refractivity contribution >= 4 is 40.0 Å². The van der Waals surface area contributed by atoms with Gasteiger partial charge in [-0.3, -0.25) is 4.79 Å². The Balaban J connectivity index is 1.74. The molecule has 0 saturated carbocycles. The van der Waals surface area contributed by atoms with Gasteiger partial charge in [0.15, 0.2) is 5.16 Å². The number of nitrogens with one attached hydrogen (secondary N) is 1. The van der Waals surface area contributed by atoms with E-state index in [0.717, 1.165) is 37.8 Å². The number of ether oxygens (including phenoxy) is 1. The zero-order valence-electron chi connectivity index (χ0n) is 14.9. The summed E-state index contributed by atoms with van der Waals surface area (Å²) in [6.45, 7) is 2.75. The molecule has 0 aromatic carbocycles. The topological polar surface area (TPSA) is 86.1 Å². The summed E-state index contributed by atoms with van der Waals surface area (Å²) in [6.07, 6.45) is 6.80. The van der Waals surface area contributed by atoms with Crippen LogP contribution in [0.2, 0.25) is 0 Å². The van der Waals surface area contributed by atoms with Gasteiger partial charge in [0, 0.05) is 11.4 Å². The van der Waals surface area contributed by atoms with Crippen LogP contribution in [0.3, 0.4) is 0 Å². The zero-order valence-corrected chi connectivity index (χ0v) is 16.5. The third-order valence-corrected chi connectivity index (χ3v) is 6.50. The third kappa shape index (κ3) is 4.09. The van der Waals surface area contributed by atoms with Gasteiger partial charge < -0.3 is 14.6 Å². The molecule has 0 saturated heterocycles. The predicted molar refractivity (Wildman–Crippen MR) is 102 cm³/mol. The molecule has 0 atom stereocenters. The smallest absolute Gasteiger partial charge is 0.341 e. The minimum Gasteiger partial charge on any atom is -0.465 e. The van der Waals surface area contributed by atoms with E-state index in [-0.39, 0.29) is 17.6 Å². The Hall–Kier alpha value is -1.87. The Morgan fingerprint density at radius 3 is 2.92 bits per heavy atom. The maximum absolute atomic E-state index is 12.4. The van der Waals surface area contributed by atoms with Gasteiger partial charge in [0.05, 0.1) is 18.4 Å². The van der Waals surface area contributed by atoms with Gasteiger partial charge >= 0.3 is 5.97 Å². The van der Waals surface area contributed by atoms with Crippen LogP contribution in [0.15, 0.2) is 11.5 Å². The lowest BCUT2D eigenvalue weighted by atomic mass is 10.1. The number of nitrogens with zero attached hydrogens (tertiary/aromatic N) is 3. The molecule has 7 nitrogen and oxygen atoms in total. The van der Waals surface area contributed by atoms with E-state index in [1.54, 1.807) is 6.33 Å². The molecule has 0 unspecified atom stereocenters. The van der Waals surface area contributed by atoms with Crippen molar-refractivity contribution in [3.8, 4) is 0 Å². The highest BCUT2D eigenvalue weighted by Crippen LogP contribution is 2.38. The lowest BCUT2D eigenvalue weighted by molar-refractivity contribution is -0.113. The lowest BCUT2D eigenvalue weighted by Crippen LogP contribution is -2.16. The molecular weight excluding hydrogens is 372 g/mol. The number of methoxy groups -OCH3 is 1. The van der Waals surface area contributed by atoms with Crippen molar-refractivity contribution in [2.45, 2.75) is 50.7 Å². The molecular formula is C17H22N4O3S2. The van der Waals surface area contributed by atoms with Crippen molar-refractivity contribution in [1.29, 1.82) is 0 Å². The number of carbonyl (C=O) groups excluding carboxylic acids is 2. The summed E-state index contributed by atoms with van der Waals surface area (Å²) in [4.78, 5) is 25.9. The van der Waals surface area contributed by atoms with Crippen molar-refractivity contribution < 1.29 is 14.3 Å². The molecule has 1 amide bonds. The third-order valence-electron chi connectivity index (χ3n) is 4.32. The average molecular weight is 395 g/mol. The molecule has 0 aliphatic heterocycles. The molecule has 0 bridgehead atoms. The fraction of sp³-hybridized carbons (Fsp3) is 0.529. The van der Waals surface area contributed by atoms with Crippen molar-refractivity contribution in [2.75, 3.05) is 18.2 Å². The molecule has 0 fully saturated rings. The summed E-state index contributed by atoms with van der Waals surface area (Å²) in [5, 5.41) is 12.1. The maximum Gasteiger partial charge on any atom is 0.341 e. The fourth-order valence-electron chi connectivity index (χ4n) is 3.01. The number of aryl methyl sites for hydroxylation is 2. The summed E-state index contributed by atoms with van der Waals surface area (Å²) >= 11 is 2.83. The van der Waals surface area contributed by atoms with Crippen LogP contribution in [0.1, 0.15) is 47.0 Å². The van der Waals surface area contributed by atoms with Gasteiger partial charge in [-0.2, -0.15) is 0 Å². The summed E-state index contributed by atoms with van der Waals surface area (Å²) in [5.74, 6) is -0.331. The normalized spacial score (nSPS) is 13.8. The first-order chi connectivity index (χ1) is 12.6. The SMILES string of the molecule is CCn1cnnc1SCC(=O)Nc1sc2c(c1C(=O)OC)CCCCC2. The van der Waals surface area contributed by atoms with Crippen LogP contribution < -0.4 is 5.32 Å². The van der Waals surface area contributed by atoms with Crippen molar-refractivity contribution in [1.82, 2.24) is 14.8 Å². The van der Waals surface area contributed by atoms with E-state index < -0.39 is 0 Å². The van der Waals surface area contributed by atoms with E-state index in [2.05, 4.69) is 15.5 Å². The van der Waals surface area contributed by atoms with Gasteiger partial charge in [-0.25, -0.2) is 4.79 Å². The largest absolute Gasteiger partial charge is 0.465 e. The molecule has 2 aromatic rings. The molecule has 0 spiro atoms. The predicted octanol–water partition coefficient (Wildman–Crippen LogP) is 3.15. The summed E-state index contributed by atoms with van der Waals surface area (Å²) < 4.78 is 6.84. The molecule has 1 aliphatic carbocycles. The quantitative estimate of drug-likeness (QED) is 0.460. The molecule has 3 rings (SSSR count). The van der Waals surface area contributed by atoms with Gasteiger partial charge in [-0.05, 0) is 38.2 Å². The summed E-state index contributed by atoms with van der Waals surface area (Å²) in [7, 11) is 1.38.